The average molecular weight is 145 g/mol. The van der Waals surface area contributed by atoms with Crippen molar-refractivity contribution < 1.29 is 9.84 Å². The summed E-state index contributed by atoms with van der Waals surface area (Å²) in [6.45, 7) is 5.24. The lowest BCUT2D eigenvalue weighted by Gasteiger charge is -2.16. The van der Waals surface area contributed by atoms with Crippen LogP contribution in [0.5, 0.6) is 0 Å². The van der Waals surface area contributed by atoms with E-state index < -0.39 is 0 Å². The number of aliphatic hydroxyl groups is 1. The largest absolute Gasteiger partial charge is 0.389 e. The second-order valence-electron chi connectivity index (χ2n) is 3.03. The predicted octanol–water partition coefficient (Wildman–Crippen LogP) is -0.256. The van der Waals surface area contributed by atoms with Crippen LogP contribution in [0.2, 0.25) is 0 Å². The second kappa shape index (κ2) is 3.32. The maximum Gasteiger partial charge on any atom is 0.0948 e. The molecule has 1 aliphatic heterocycles. The van der Waals surface area contributed by atoms with Crippen LogP contribution in [0.3, 0.4) is 0 Å². The first kappa shape index (κ1) is 7.98. The minimum absolute atomic E-state index is 0.139. The number of hydrogen-bond acceptors (Lipinski definition) is 3. The minimum atomic E-state index is -0.317. The van der Waals surface area contributed by atoms with E-state index in [9.17, 15) is 5.11 Å². The first-order valence-electron chi connectivity index (χ1n) is 3.72. The van der Waals surface area contributed by atoms with Crippen molar-refractivity contribution in [1.29, 1.82) is 0 Å². The average Bonchev–Trinajstić information content (AvgIpc) is 2.15. The van der Waals surface area contributed by atoms with Crippen LogP contribution in [-0.4, -0.2) is 36.5 Å². The molecule has 3 heteroatoms. The molecule has 10 heavy (non-hydrogen) atoms. The molecule has 0 radical (unpaired) electrons. The van der Waals surface area contributed by atoms with Gasteiger partial charge in [0.05, 0.1) is 25.4 Å². The second-order valence-corrected chi connectivity index (χ2v) is 3.03. The summed E-state index contributed by atoms with van der Waals surface area (Å²) in [6, 6.07) is 0.557. The van der Waals surface area contributed by atoms with Crippen LogP contribution < -0.4 is 5.32 Å². The van der Waals surface area contributed by atoms with Crippen molar-refractivity contribution in [1.82, 2.24) is 5.32 Å². The molecular weight excluding hydrogens is 130 g/mol. The molecule has 0 unspecified atom stereocenters. The van der Waals surface area contributed by atoms with Gasteiger partial charge in [0.2, 0.25) is 0 Å². The van der Waals surface area contributed by atoms with Gasteiger partial charge in [-0.2, -0.15) is 0 Å². The fraction of sp³-hybridized carbons (Fsp3) is 1.00. The van der Waals surface area contributed by atoms with Crippen molar-refractivity contribution >= 4 is 0 Å². The van der Waals surface area contributed by atoms with Crippen LogP contribution in [0.4, 0.5) is 0 Å². The van der Waals surface area contributed by atoms with Crippen molar-refractivity contribution in [3.05, 3.63) is 0 Å². The fourth-order valence-corrected chi connectivity index (χ4v) is 1.13. The summed E-state index contributed by atoms with van der Waals surface area (Å²) >= 11 is 0. The summed E-state index contributed by atoms with van der Waals surface area (Å²) in [7, 11) is 0. The highest BCUT2D eigenvalue weighted by Crippen LogP contribution is 2.05. The molecule has 1 saturated heterocycles. The van der Waals surface area contributed by atoms with Crippen LogP contribution in [0.1, 0.15) is 13.8 Å². The monoisotopic (exact) mass is 145 g/mol. The van der Waals surface area contributed by atoms with Crippen LogP contribution in [0, 0.1) is 0 Å². The summed E-state index contributed by atoms with van der Waals surface area (Å²) in [5, 5.41) is 12.5. The summed E-state index contributed by atoms with van der Waals surface area (Å²) in [5.74, 6) is 0. The molecule has 0 amide bonds. The predicted molar refractivity (Wildman–Crippen MR) is 38.9 cm³/mol. The number of ether oxygens (including phenoxy) is 1. The molecule has 0 aromatic rings. The van der Waals surface area contributed by atoms with Gasteiger partial charge in [0, 0.05) is 6.04 Å². The smallest absolute Gasteiger partial charge is 0.0948 e. The normalized spacial score (nSPS) is 33.6. The van der Waals surface area contributed by atoms with Crippen molar-refractivity contribution in [2.24, 2.45) is 0 Å². The summed E-state index contributed by atoms with van der Waals surface area (Å²) in [4.78, 5) is 0. The van der Waals surface area contributed by atoms with Gasteiger partial charge >= 0.3 is 0 Å². The lowest BCUT2D eigenvalue weighted by molar-refractivity contribution is 0.121. The van der Waals surface area contributed by atoms with Crippen molar-refractivity contribution in [3.63, 3.8) is 0 Å². The summed E-state index contributed by atoms with van der Waals surface area (Å²) in [6.07, 6.45) is -0.317. The Morgan fingerprint density at radius 2 is 2.20 bits per heavy atom. The van der Waals surface area contributed by atoms with E-state index in [4.69, 9.17) is 4.74 Å². The quantitative estimate of drug-likeness (QED) is 0.562. The maximum atomic E-state index is 9.25. The third-order valence-corrected chi connectivity index (χ3v) is 1.60. The van der Waals surface area contributed by atoms with Gasteiger partial charge in [-0.1, -0.05) is 13.8 Å². The van der Waals surface area contributed by atoms with E-state index in [1.807, 2.05) is 0 Å². The standard InChI is InChI=1S/C7H15NO2/c1-5(2)8-6-3-10-4-7(6)9/h5-9H,3-4H2,1-2H3/t6-,7+/m1/s1. The number of rotatable bonds is 2. The third kappa shape index (κ3) is 1.94. The molecule has 2 atom stereocenters. The van der Waals surface area contributed by atoms with Gasteiger partial charge in [-0.15, -0.1) is 0 Å². The van der Waals surface area contributed by atoms with Gasteiger partial charge in [0.1, 0.15) is 0 Å². The van der Waals surface area contributed by atoms with Gasteiger partial charge in [0.15, 0.2) is 0 Å². The molecule has 0 spiro atoms. The topological polar surface area (TPSA) is 41.5 Å². The fourth-order valence-electron chi connectivity index (χ4n) is 1.13. The van der Waals surface area contributed by atoms with Gasteiger partial charge < -0.3 is 15.2 Å². The van der Waals surface area contributed by atoms with Gasteiger partial charge in [-0.25, -0.2) is 0 Å². The molecule has 0 aromatic heterocycles. The van der Waals surface area contributed by atoms with E-state index in [-0.39, 0.29) is 12.1 Å². The molecule has 0 aromatic carbocycles. The molecule has 1 aliphatic rings. The van der Waals surface area contributed by atoms with Crippen molar-refractivity contribution in [3.8, 4) is 0 Å². The highest BCUT2D eigenvalue weighted by Gasteiger charge is 2.25. The van der Waals surface area contributed by atoms with Crippen LogP contribution in [0.25, 0.3) is 0 Å². The highest BCUT2D eigenvalue weighted by atomic mass is 16.5. The SMILES string of the molecule is CC(C)N[C@@H]1COC[C@@H]1O. The summed E-state index contributed by atoms with van der Waals surface area (Å²) < 4.78 is 5.06. The Morgan fingerprint density at radius 1 is 1.50 bits per heavy atom. The lowest BCUT2D eigenvalue weighted by atomic mass is 10.2. The molecule has 1 heterocycles. The summed E-state index contributed by atoms with van der Waals surface area (Å²) in [5.41, 5.74) is 0. The highest BCUT2D eigenvalue weighted by molar-refractivity contribution is 4.81. The number of nitrogens with one attached hydrogen (secondary N) is 1. The van der Waals surface area contributed by atoms with E-state index in [1.165, 1.54) is 0 Å². The van der Waals surface area contributed by atoms with Crippen LogP contribution in [-0.2, 0) is 4.74 Å². The van der Waals surface area contributed by atoms with E-state index >= 15 is 0 Å². The molecule has 0 bridgehead atoms. The van der Waals surface area contributed by atoms with Crippen molar-refractivity contribution in [2.75, 3.05) is 13.2 Å². The number of hydrogen-bond donors (Lipinski definition) is 2. The molecule has 0 aliphatic carbocycles. The molecule has 0 saturated carbocycles. The Kier molecular flexibility index (Phi) is 2.65. The Labute approximate surface area is 61.4 Å². The van der Waals surface area contributed by atoms with Gasteiger partial charge in [0.25, 0.3) is 0 Å². The van der Waals surface area contributed by atoms with E-state index in [0.29, 0.717) is 19.3 Å². The Bertz CT molecular complexity index is 106. The zero-order valence-corrected chi connectivity index (χ0v) is 6.50. The maximum absolute atomic E-state index is 9.25. The number of aliphatic hydroxyl groups excluding tert-OH is 1. The Hall–Kier alpha value is -0.120. The van der Waals surface area contributed by atoms with E-state index in [2.05, 4.69) is 19.2 Å². The van der Waals surface area contributed by atoms with Crippen LogP contribution >= 0.6 is 0 Å². The zero-order chi connectivity index (χ0) is 7.56. The molecule has 60 valence electrons. The first-order valence-corrected chi connectivity index (χ1v) is 3.72. The Balaban J connectivity index is 2.26. The Morgan fingerprint density at radius 3 is 2.60 bits per heavy atom. The van der Waals surface area contributed by atoms with Gasteiger partial charge in [-0.3, -0.25) is 0 Å². The first-order chi connectivity index (χ1) is 4.70. The van der Waals surface area contributed by atoms with Crippen LogP contribution in [0.15, 0.2) is 0 Å². The van der Waals surface area contributed by atoms with Crippen molar-refractivity contribution in [2.45, 2.75) is 32.0 Å². The van der Waals surface area contributed by atoms with E-state index in [0.717, 1.165) is 0 Å². The molecule has 3 nitrogen and oxygen atoms in total. The molecule has 2 N–H and O–H groups in total. The molecule has 1 fully saturated rings. The van der Waals surface area contributed by atoms with Gasteiger partial charge in [-0.05, 0) is 0 Å². The minimum Gasteiger partial charge on any atom is -0.389 e. The van der Waals surface area contributed by atoms with E-state index in [1.54, 1.807) is 0 Å². The molecular formula is C7H15NO2. The third-order valence-electron chi connectivity index (χ3n) is 1.60. The molecule has 1 rings (SSSR count). The lowest BCUT2D eigenvalue weighted by Crippen LogP contribution is -2.42. The zero-order valence-electron chi connectivity index (χ0n) is 6.50.